The third-order valence-corrected chi connectivity index (χ3v) is 2.27. The average Bonchev–Trinajstić information content (AvgIpc) is 2.35. The first-order valence-electron chi connectivity index (χ1n) is 5.86. The standard InChI is InChI=1S/C13H18N2O3/c1-10(2)14-11-6-4-5-9-15(11)12(16)7-8-13(17)18-3/h4-6,9-10H,7-8H2,1-3H3. The van der Waals surface area contributed by atoms with Crippen molar-refractivity contribution in [1.82, 2.24) is 4.57 Å². The Morgan fingerprint density at radius 1 is 1.33 bits per heavy atom. The molecule has 0 saturated heterocycles. The van der Waals surface area contributed by atoms with Crippen molar-refractivity contribution in [3.05, 3.63) is 29.9 Å². The molecule has 0 spiro atoms. The van der Waals surface area contributed by atoms with Gasteiger partial charge in [0.2, 0.25) is 5.91 Å². The van der Waals surface area contributed by atoms with Crippen LogP contribution in [0.2, 0.25) is 0 Å². The van der Waals surface area contributed by atoms with Crippen molar-refractivity contribution in [2.75, 3.05) is 7.11 Å². The van der Waals surface area contributed by atoms with Crippen LogP contribution in [0, 0.1) is 0 Å². The maximum Gasteiger partial charge on any atom is 0.306 e. The molecule has 5 heteroatoms. The zero-order valence-corrected chi connectivity index (χ0v) is 10.9. The lowest BCUT2D eigenvalue weighted by Gasteiger charge is -2.06. The smallest absolute Gasteiger partial charge is 0.306 e. The molecule has 0 aromatic carbocycles. The Labute approximate surface area is 106 Å². The van der Waals surface area contributed by atoms with E-state index in [0.29, 0.717) is 5.49 Å². The van der Waals surface area contributed by atoms with Crippen molar-refractivity contribution in [2.24, 2.45) is 4.99 Å². The molecule has 0 fully saturated rings. The molecule has 98 valence electrons. The molecule has 0 amide bonds. The van der Waals surface area contributed by atoms with E-state index in [1.54, 1.807) is 18.3 Å². The molecule has 1 aromatic rings. The second-order valence-corrected chi connectivity index (χ2v) is 4.12. The molecule has 0 radical (unpaired) electrons. The van der Waals surface area contributed by atoms with E-state index in [1.807, 2.05) is 19.9 Å². The van der Waals surface area contributed by atoms with Gasteiger partial charge in [0.1, 0.15) is 5.49 Å². The molecule has 0 aliphatic rings. The predicted octanol–water partition coefficient (Wildman–Crippen LogP) is 1.39. The van der Waals surface area contributed by atoms with Gasteiger partial charge in [-0.1, -0.05) is 6.07 Å². The van der Waals surface area contributed by atoms with Crippen molar-refractivity contribution in [2.45, 2.75) is 32.7 Å². The van der Waals surface area contributed by atoms with Crippen LogP contribution < -0.4 is 5.49 Å². The number of rotatable bonds is 4. The van der Waals surface area contributed by atoms with E-state index in [0.717, 1.165) is 0 Å². The van der Waals surface area contributed by atoms with E-state index in [2.05, 4.69) is 9.73 Å². The molecule has 0 unspecified atom stereocenters. The van der Waals surface area contributed by atoms with Crippen LogP contribution in [0.4, 0.5) is 0 Å². The highest BCUT2D eigenvalue weighted by atomic mass is 16.5. The first kappa shape index (κ1) is 14.2. The van der Waals surface area contributed by atoms with Gasteiger partial charge in [0.05, 0.1) is 13.5 Å². The molecule has 18 heavy (non-hydrogen) atoms. The molecule has 5 nitrogen and oxygen atoms in total. The van der Waals surface area contributed by atoms with Crippen LogP contribution in [-0.2, 0) is 9.53 Å². The topological polar surface area (TPSA) is 60.7 Å². The normalized spacial score (nSPS) is 11.7. The predicted molar refractivity (Wildman–Crippen MR) is 67.0 cm³/mol. The Morgan fingerprint density at radius 2 is 2.06 bits per heavy atom. The summed E-state index contributed by atoms with van der Waals surface area (Å²) in [5.74, 6) is -0.553. The van der Waals surface area contributed by atoms with Gasteiger partial charge in [-0.2, -0.15) is 0 Å². The molecule has 0 saturated carbocycles. The Morgan fingerprint density at radius 3 is 2.67 bits per heavy atom. The first-order valence-corrected chi connectivity index (χ1v) is 5.86. The minimum absolute atomic E-state index is 0.0817. The summed E-state index contributed by atoms with van der Waals surface area (Å²) in [4.78, 5) is 27.3. The molecule has 0 N–H and O–H groups in total. The molecular formula is C13H18N2O3. The van der Waals surface area contributed by atoms with Crippen LogP contribution >= 0.6 is 0 Å². The highest BCUT2D eigenvalue weighted by Gasteiger charge is 2.09. The lowest BCUT2D eigenvalue weighted by molar-refractivity contribution is -0.140. The molecule has 1 heterocycles. The van der Waals surface area contributed by atoms with Gasteiger partial charge in [-0.05, 0) is 26.0 Å². The maximum atomic E-state index is 12.0. The second-order valence-electron chi connectivity index (χ2n) is 4.12. The van der Waals surface area contributed by atoms with Crippen LogP contribution in [0.3, 0.4) is 0 Å². The molecule has 0 atom stereocenters. The van der Waals surface area contributed by atoms with Crippen LogP contribution in [0.15, 0.2) is 29.4 Å². The zero-order chi connectivity index (χ0) is 13.5. The average molecular weight is 250 g/mol. The van der Waals surface area contributed by atoms with Crippen LogP contribution in [0.5, 0.6) is 0 Å². The summed E-state index contributed by atoms with van der Waals surface area (Å²) in [5, 5.41) is 0. The fourth-order valence-corrected chi connectivity index (χ4v) is 1.45. The Balaban J connectivity index is 2.89. The molecule has 1 rings (SSSR count). The van der Waals surface area contributed by atoms with E-state index in [4.69, 9.17) is 0 Å². The number of carbonyl (C=O) groups is 2. The number of nitrogens with zero attached hydrogens (tertiary/aromatic N) is 2. The Hall–Kier alpha value is -1.91. The highest BCUT2D eigenvalue weighted by molar-refractivity contribution is 5.82. The number of aromatic nitrogens is 1. The van der Waals surface area contributed by atoms with Crippen molar-refractivity contribution in [3.8, 4) is 0 Å². The SMILES string of the molecule is COC(=O)CCC(=O)n1ccccc1=NC(C)C. The maximum absolute atomic E-state index is 12.0. The number of methoxy groups -OCH3 is 1. The minimum atomic E-state index is -0.387. The molecule has 1 aromatic heterocycles. The van der Waals surface area contributed by atoms with Gasteiger partial charge in [-0.25, -0.2) is 0 Å². The van der Waals surface area contributed by atoms with Gasteiger partial charge in [-0.3, -0.25) is 19.1 Å². The summed E-state index contributed by atoms with van der Waals surface area (Å²) in [6.07, 6.45) is 1.85. The monoisotopic (exact) mass is 250 g/mol. The summed E-state index contributed by atoms with van der Waals surface area (Å²) >= 11 is 0. The molecule has 0 aliphatic carbocycles. The van der Waals surface area contributed by atoms with Gasteiger partial charge in [0.15, 0.2) is 0 Å². The Kier molecular flexibility index (Phi) is 5.30. The molecular weight excluding hydrogens is 232 g/mol. The minimum Gasteiger partial charge on any atom is -0.469 e. The fraction of sp³-hybridized carbons (Fsp3) is 0.462. The number of esters is 1. The van der Waals surface area contributed by atoms with Gasteiger partial charge in [-0.15, -0.1) is 0 Å². The summed E-state index contributed by atoms with van der Waals surface area (Å²) in [5.41, 5.74) is 0.599. The van der Waals surface area contributed by atoms with Crippen molar-refractivity contribution in [1.29, 1.82) is 0 Å². The van der Waals surface area contributed by atoms with E-state index < -0.39 is 0 Å². The Bertz CT molecular complexity index is 489. The molecule has 0 bridgehead atoms. The highest BCUT2D eigenvalue weighted by Crippen LogP contribution is 1.96. The van der Waals surface area contributed by atoms with E-state index in [-0.39, 0.29) is 30.8 Å². The van der Waals surface area contributed by atoms with E-state index in [9.17, 15) is 9.59 Å². The summed E-state index contributed by atoms with van der Waals surface area (Å²) in [6, 6.07) is 5.46. The lowest BCUT2D eigenvalue weighted by atomic mass is 10.3. The largest absolute Gasteiger partial charge is 0.469 e. The van der Waals surface area contributed by atoms with E-state index >= 15 is 0 Å². The van der Waals surface area contributed by atoms with Gasteiger partial charge < -0.3 is 4.74 Å². The first-order chi connectivity index (χ1) is 8.54. The summed E-state index contributed by atoms with van der Waals surface area (Å²) < 4.78 is 5.97. The van der Waals surface area contributed by atoms with Crippen molar-refractivity contribution >= 4 is 11.9 Å². The van der Waals surface area contributed by atoms with Crippen LogP contribution in [0.1, 0.15) is 31.5 Å². The van der Waals surface area contributed by atoms with Gasteiger partial charge >= 0.3 is 5.97 Å². The number of ether oxygens (including phenoxy) is 1. The summed E-state index contributed by atoms with van der Waals surface area (Å²) in [7, 11) is 1.31. The fourth-order valence-electron chi connectivity index (χ4n) is 1.45. The third-order valence-electron chi connectivity index (χ3n) is 2.27. The summed E-state index contributed by atoms with van der Waals surface area (Å²) in [6.45, 7) is 3.88. The lowest BCUT2D eigenvalue weighted by Crippen LogP contribution is -2.27. The van der Waals surface area contributed by atoms with Gasteiger partial charge in [0.25, 0.3) is 0 Å². The second kappa shape index (κ2) is 6.74. The van der Waals surface area contributed by atoms with Gasteiger partial charge in [0, 0.05) is 18.7 Å². The number of hydrogen-bond donors (Lipinski definition) is 0. The number of pyridine rings is 1. The van der Waals surface area contributed by atoms with Crippen LogP contribution in [-0.4, -0.2) is 29.6 Å². The number of carbonyl (C=O) groups excluding carboxylic acids is 2. The van der Waals surface area contributed by atoms with Crippen LogP contribution in [0.25, 0.3) is 0 Å². The quantitative estimate of drug-likeness (QED) is 0.759. The zero-order valence-electron chi connectivity index (χ0n) is 10.9. The number of hydrogen-bond acceptors (Lipinski definition) is 4. The third kappa shape index (κ3) is 4.16. The van der Waals surface area contributed by atoms with E-state index in [1.165, 1.54) is 11.7 Å². The van der Waals surface area contributed by atoms with Crippen molar-refractivity contribution < 1.29 is 14.3 Å². The van der Waals surface area contributed by atoms with Crippen molar-refractivity contribution in [3.63, 3.8) is 0 Å². The molecule has 0 aliphatic heterocycles.